The van der Waals surface area contributed by atoms with Crippen LogP contribution in [0.15, 0.2) is 0 Å². The molecule has 0 unspecified atom stereocenters. The molecule has 0 saturated heterocycles. The molecule has 0 radical (unpaired) electrons. The van der Waals surface area contributed by atoms with Gasteiger partial charge in [0.05, 0.1) is 5.69 Å². The fraction of sp³-hybridized carbons (Fsp3) is 0.636. The Morgan fingerprint density at radius 3 is 3.00 bits per heavy atom. The van der Waals surface area contributed by atoms with E-state index in [-0.39, 0.29) is 0 Å². The Morgan fingerprint density at radius 2 is 2.25 bits per heavy atom. The van der Waals surface area contributed by atoms with Gasteiger partial charge in [0.15, 0.2) is 0 Å². The first kappa shape index (κ1) is 11.3. The second kappa shape index (κ2) is 4.76. The highest BCUT2D eigenvalue weighted by molar-refractivity contribution is 5.47. The Labute approximate surface area is 96.1 Å². The molecule has 0 aromatic carbocycles. The maximum atomic E-state index is 5.50. The molecule has 0 fully saturated rings. The summed E-state index contributed by atoms with van der Waals surface area (Å²) in [6, 6.07) is 0. The van der Waals surface area contributed by atoms with Gasteiger partial charge in [-0.2, -0.15) is 0 Å². The Balaban J connectivity index is 2.30. The molecule has 0 atom stereocenters. The quantitative estimate of drug-likeness (QED) is 0.760. The molecule has 2 heterocycles. The van der Waals surface area contributed by atoms with Crippen LogP contribution in [0.25, 0.3) is 0 Å². The number of fused-ring (bicyclic) bond motifs is 1. The van der Waals surface area contributed by atoms with E-state index in [0.717, 1.165) is 43.4 Å². The van der Waals surface area contributed by atoms with Crippen LogP contribution in [-0.2, 0) is 13.0 Å². The van der Waals surface area contributed by atoms with Crippen LogP contribution < -0.4 is 11.1 Å². The third-order valence-electron chi connectivity index (χ3n) is 2.80. The van der Waals surface area contributed by atoms with Crippen molar-refractivity contribution in [3.63, 3.8) is 0 Å². The lowest BCUT2D eigenvalue weighted by Crippen LogP contribution is -2.29. The molecular weight excluding hydrogens is 202 g/mol. The number of anilines is 1. The average molecular weight is 221 g/mol. The van der Waals surface area contributed by atoms with E-state index in [9.17, 15) is 0 Å². The molecule has 1 aromatic rings. The fourth-order valence-electron chi connectivity index (χ4n) is 2.02. The van der Waals surface area contributed by atoms with Gasteiger partial charge in [-0.25, -0.2) is 9.97 Å². The van der Waals surface area contributed by atoms with Crippen LogP contribution in [0.1, 0.15) is 17.1 Å². The van der Waals surface area contributed by atoms with Crippen molar-refractivity contribution in [2.75, 3.05) is 32.0 Å². The summed E-state index contributed by atoms with van der Waals surface area (Å²) in [6.07, 6.45) is 1.01. The van der Waals surface area contributed by atoms with Crippen LogP contribution in [0.5, 0.6) is 0 Å². The molecule has 5 heteroatoms. The summed E-state index contributed by atoms with van der Waals surface area (Å²) >= 11 is 0. The van der Waals surface area contributed by atoms with Crippen LogP contribution in [0.2, 0.25) is 0 Å². The summed E-state index contributed by atoms with van der Waals surface area (Å²) in [5.41, 5.74) is 7.91. The maximum Gasteiger partial charge on any atom is 0.133 e. The van der Waals surface area contributed by atoms with Gasteiger partial charge < -0.3 is 16.0 Å². The van der Waals surface area contributed by atoms with E-state index < -0.39 is 0 Å². The maximum absolute atomic E-state index is 5.50. The molecule has 2 rings (SSSR count). The van der Waals surface area contributed by atoms with Gasteiger partial charge in [-0.05, 0) is 20.4 Å². The predicted molar refractivity (Wildman–Crippen MR) is 64.4 cm³/mol. The monoisotopic (exact) mass is 221 g/mol. The fourth-order valence-corrected chi connectivity index (χ4v) is 2.02. The minimum atomic E-state index is 0.623. The van der Waals surface area contributed by atoms with Gasteiger partial charge in [0.25, 0.3) is 0 Å². The Bertz CT molecular complexity index is 377. The zero-order valence-electron chi connectivity index (χ0n) is 9.95. The number of nitrogens with zero attached hydrogens (tertiary/aromatic N) is 3. The van der Waals surface area contributed by atoms with Gasteiger partial charge in [0.2, 0.25) is 0 Å². The van der Waals surface area contributed by atoms with Gasteiger partial charge in [0.1, 0.15) is 11.6 Å². The normalized spacial score (nSPS) is 15.9. The predicted octanol–water partition coefficient (Wildman–Crippen LogP) is 0.144. The highest BCUT2D eigenvalue weighted by Gasteiger charge is 2.19. The van der Waals surface area contributed by atoms with Gasteiger partial charge in [-0.3, -0.25) is 0 Å². The second-order valence-corrected chi connectivity index (χ2v) is 4.25. The van der Waals surface area contributed by atoms with E-state index >= 15 is 0 Å². The first-order valence-electron chi connectivity index (χ1n) is 5.69. The number of nitrogens with two attached hydrogens (primary N) is 1. The molecule has 1 aliphatic heterocycles. The highest BCUT2D eigenvalue weighted by Crippen LogP contribution is 2.22. The first-order valence-corrected chi connectivity index (χ1v) is 5.69. The zero-order chi connectivity index (χ0) is 11.5. The van der Waals surface area contributed by atoms with E-state index in [4.69, 9.17) is 5.73 Å². The lowest BCUT2D eigenvalue weighted by atomic mass is 10.1. The summed E-state index contributed by atoms with van der Waals surface area (Å²) in [7, 11) is 2.12. The lowest BCUT2D eigenvalue weighted by Gasteiger charge is -2.25. The lowest BCUT2D eigenvalue weighted by molar-refractivity contribution is 0.307. The van der Waals surface area contributed by atoms with E-state index in [2.05, 4.69) is 27.2 Å². The molecule has 88 valence electrons. The highest BCUT2D eigenvalue weighted by atomic mass is 15.1. The second-order valence-electron chi connectivity index (χ2n) is 4.25. The minimum absolute atomic E-state index is 0.623. The largest absolute Gasteiger partial charge is 0.368 e. The SMILES string of the molecule is Cc1nc2c(c(NCCN)n1)CCN(C)C2. The Hall–Kier alpha value is -1.20. The molecular formula is C11H19N5. The summed E-state index contributed by atoms with van der Waals surface area (Å²) in [6.45, 7) is 5.30. The number of aromatic nitrogens is 2. The smallest absolute Gasteiger partial charge is 0.133 e. The molecule has 1 aliphatic rings. The van der Waals surface area contributed by atoms with E-state index in [1.165, 1.54) is 5.56 Å². The number of aryl methyl sites for hydroxylation is 1. The van der Waals surface area contributed by atoms with Crippen LogP contribution in [0.3, 0.4) is 0 Å². The van der Waals surface area contributed by atoms with E-state index in [0.29, 0.717) is 6.54 Å². The first-order chi connectivity index (χ1) is 7.70. The van der Waals surface area contributed by atoms with Crippen molar-refractivity contribution in [1.82, 2.24) is 14.9 Å². The van der Waals surface area contributed by atoms with Crippen molar-refractivity contribution in [3.8, 4) is 0 Å². The van der Waals surface area contributed by atoms with Crippen molar-refractivity contribution < 1.29 is 0 Å². The van der Waals surface area contributed by atoms with Crippen molar-refractivity contribution in [2.45, 2.75) is 19.9 Å². The van der Waals surface area contributed by atoms with Gasteiger partial charge >= 0.3 is 0 Å². The molecule has 5 nitrogen and oxygen atoms in total. The van der Waals surface area contributed by atoms with Gasteiger partial charge in [0, 0.05) is 31.7 Å². The average Bonchev–Trinajstić information content (AvgIpc) is 2.25. The Kier molecular flexibility index (Phi) is 3.36. The minimum Gasteiger partial charge on any atom is -0.368 e. The third-order valence-corrected chi connectivity index (χ3v) is 2.80. The summed E-state index contributed by atoms with van der Waals surface area (Å²) in [5, 5.41) is 3.28. The van der Waals surface area contributed by atoms with E-state index in [1.807, 2.05) is 6.92 Å². The van der Waals surface area contributed by atoms with Crippen LogP contribution in [0, 0.1) is 6.92 Å². The molecule has 0 amide bonds. The van der Waals surface area contributed by atoms with Gasteiger partial charge in [-0.1, -0.05) is 0 Å². The summed E-state index contributed by atoms with van der Waals surface area (Å²) in [4.78, 5) is 11.2. The number of likely N-dealkylation sites (N-methyl/N-ethyl adjacent to an activating group) is 1. The number of hydrogen-bond acceptors (Lipinski definition) is 5. The van der Waals surface area contributed by atoms with Crippen molar-refractivity contribution >= 4 is 5.82 Å². The summed E-state index contributed by atoms with van der Waals surface area (Å²) in [5.74, 6) is 1.80. The van der Waals surface area contributed by atoms with Crippen molar-refractivity contribution in [1.29, 1.82) is 0 Å². The molecule has 1 aromatic heterocycles. The number of hydrogen-bond donors (Lipinski definition) is 2. The van der Waals surface area contributed by atoms with Gasteiger partial charge in [-0.15, -0.1) is 0 Å². The molecule has 0 saturated carbocycles. The van der Waals surface area contributed by atoms with Crippen LogP contribution in [0.4, 0.5) is 5.82 Å². The van der Waals surface area contributed by atoms with Crippen molar-refractivity contribution in [3.05, 3.63) is 17.1 Å². The molecule has 0 spiro atoms. The molecule has 0 bridgehead atoms. The number of rotatable bonds is 3. The van der Waals surface area contributed by atoms with Crippen LogP contribution >= 0.6 is 0 Å². The summed E-state index contributed by atoms with van der Waals surface area (Å²) < 4.78 is 0. The van der Waals surface area contributed by atoms with Crippen LogP contribution in [-0.4, -0.2) is 41.5 Å². The number of nitrogens with one attached hydrogen (secondary N) is 1. The molecule has 0 aliphatic carbocycles. The van der Waals surface area contributed by atoms with E-state index in [1.54, 1.807) is 0 Å². The third kappa shape index (κ3) is 2.31. The standard InChI is InChI=1S/C11H19N5/c1-8-14-10-7-16(2)6-3-9(10)11(15-8)13-5-4-12/h3-7,12H2,1-2H3,(H,13,14,15). The molecule has 16 heavy (non-hydrogen) atoms. The Morgan fingerprint density at radius 1 is 1.44 bits per heavy atom. The topological polar surface area (TPSA) is 67.1 Å². The molecule has 3 N–H and O–H groups in total. The zero-order valence-corrected chi connectivity index (χ0v) is 9.95. The van der Waals surface area contributed by atoms with Crippen molar-refractivity contribution in [2.24, 2.45) is 5.73 Å².